The molecule has 0 spiro atoms. The summed E-state index contributed by atoms with van der Waals surface area (Å²) in [5.74, 6) is 2.67. The largest absolute Gasteiger partial charge is 0.311 e. The van der Waals surface area contributed by atoms with Gasteiger partial charge in [-0.3, -0.25) is 4.90 Å². The predicted octanol–water partition coefficient (Wildman–Crippen LogP) is 2.74. The Hall–Kier alpha value is -0.0800. The number of hydrogen-bond acceptors (Lipinski definition) is 2. The van der Waals surface area contributed by atoms with Gasteiger partial charge in [-0.15, -0.1) is 0 Å². The highest BCUT2D eigenvalue weighted by Gasteiger charge is 2.31. The maximum absolute atomic E-state index is 3.69. The van der Waals surface area contributed by atoms with Gasteiger partial charge in [0.25, 0.3) is 0 Å². The molecule has 1 aliphatic carbocycles. The van der Waals surface area contributed by atoms with Crippen LogP contribution in [0.1, 0.15) is 47.0 Å². The molecule has 0 aromatic carbocycles. The van der Waals surface area contributed by atoms with Crippen LogP contribution in [0.3, 0.4) is 0 Å². The topological polar surface area (TPSA) is 15.3 Å². The Labute approximate surface area is 107 Å². The van der Waals surface area contributed by atoms with Gasteiger partial charge >= 0.3 is 0 Å². The Morgan fingerprint density at radius 2 is 2.00 bits per heavy atom. The van der Waals surface area contributed by atoms with Crippen molar-refractivity contribution in [3.05, 3.63) is 0 Å². The van der Waals surface area contributed by atoms with Crippen LogP contribution < -0.4 is 5.32 Å². The summed E-state index contributed by atoms with van der Waals surface area (Å²) in [7, 11) is 0. The summed E-state index contributed by atoms with van der Waals surface area (Å²) < 4.78 is 0. The molecule has 0 amide bonds. The first-order chi connectivity index (χ1) is 8.08. The van der Waals surface area contributed by atoms with E-state index in [4.69, 9.17) is 0 Å². The molecule has 1 heterocycles. The van der Waals surface area contributed by atoms with Crippen LogP contribution in [-0.4, -0.2) is 36.6 Å². The minimum absolute atomic E-state index is 0.697. The zero-order valence-electron chi connectivity index (χ0n) is 12.1. The lowest BCUT2D eigenvalue weighted by molar-refractivity contribution is 0.0977. The Morgan fingerprint density at radius 1 is 1.24 bits per heavy atom. The van der Waals surface area contributed by atoms with E-state index in [0.29, 0.717) is 6.04 Å². The second kappa shape index (κ2) is 5.71. The highest BCUT2D eigenvalue weighted by atomic mass is 15.2. The quantitative estimate of drug-likeness (QED) is 0.813. The van der Waals surface area contributed by atoms with Crippen molar-refractivity contribution in [1.29, 1.82) is 0 Å². The van der Waals surface area contributed by atoms with E-state index in [1.54, 1.807) is 0 Å². The second-order valence-corrected chi connectivity index (χ2v) is 6.73. The van der Waals surface area contributed by atoms with Gasteiger partial charge in [0.1, 0.15) is 0 Å². The second-order valence-electron chi connectivity index (χ2n) is 6.73. The smallest absolute Gasteiger partial charge is 0.0218 e. The first-order valence-electron chi connectivity index (χ1n) is 7.55. The summed E-state index contributed by atoms with van der Waals surface area (Å²) in [6.45, 7) is 13.3. The Morgan fingerprint density at radius 3 is 2.59 bits per heavy atom. The van der Waals surface area contributed by atoms with E-state index >= 15 is 0 Å². The number of nitrogens with zero attached hydrogens (tertiary/aromatic N) is 1. The van der Waals surface area contributed by atoms with E-state index in [0.717, 1.165) is 23.8 Å². The number of piperazine rings is 1. The third-order valence-electron chi connectivity index (χ3n) is 5.04. The van der Waals surface area contributed by atoms with Gasteiger partial charge in [-0.05, 0) is 31.1 Å². The molecule has 4 unspecified atom stereocenters. The summed E-state index contributed by atoms with van der Waals surface area (Å²) in [4.78, 5) is 2.74. The molecular formula is C15H30N2. The first kappa shape index (κ1) is 13.4. The fraction of sp³-hybridized carbons (Fsp3) is 1.00. The van der Waals surface area contributed by atoms with Crippen LogP contribution in [0.5, 0.6) is 0 Å². The van der Waals surface area contributed by atoms with Crippen LogP contribution in [0.2, 0.25) is 0 Å². The fourth-order valence-electron chi connectivity index (χ4n) is 3.44. The molecule has 1 saturated carbocycles. The van der Waals surface area contributed by atoms with Gasteiger partial charge in [0.15, 0.2) is 0 Å². The van der Waals surface area contributed by atoms with Crippen molar-refractivity contribution in [2.24, 2.45) is 17.8 Å². The number of hydrogen-bond donors (Lipinski definition) is 1. The third-order valence-corrected chi connectivity index (χ3v) is 5.04. The number of rotatable bonds is 3. The molecule has 0 aromatic rings. The number of nitrogens with one attached hydrogen (secondary N) is 1. The summed E-state index contributed by atoms with van der Waals surface area (Å²) in [5.41, 5.74) is 0. The molecular weight excluding hydrogens is 208 g/mol. The molecule has 17 heavy (non-hydrogen) atoms. The van der Waals surface area contributed by atoms with Gasteiger partial charge in [0, 0.05) is 31.7 Å². The van der Waals surface area contributed by atoms with Gasteiger partial charge in [-0.25, -0.2) is 0 Å². The summed E-state index contributed by atoms with van der Waals surface area (Å²) >= 11 is 0. The molecule has 0 aromatic heterocycles. The summed E-state index contributed by atoms with van der Waals surface area (Å²) in [6, 6.07) is 1.42. The van der Waals surface area contributed by atoms with Crippen molar-refractivity contribution in [2.75, 3.05) is 19.6 Å². The normalized spacial score (nSPS) is 40.1. The van der Waals surface area contributed by atoms with Crippen LogP contribution >= 0.6 is 0 Å². The van der Waals surface area contributed by atoms with Gasteiger partial charge in [-0.1, -0.05) is 33.6 Å². The molecule has 2 fully saturated rings. The average molecular weight is 238 g/mol. The van der Waals surface area contributed by atoms with Crippen molar-refractivity contribution >= 4 is 0 Å². The van der Waals surface area contributed by atoms with Crippen LogP contribution in [0.25, 0.3) is 0 Å². The minimum atomic E-state index is 0.697. The molecule has 4 atom stereocenters. The molecule has 0 radical (unpaired) electrons. The van der Waals surface area contributed by atoms with Crippen LogP contribution in [0, 0.1) is 17.8 Å². The maximum Gasteiger partial charge on any atom is 0.0218 e. The molecule has 2 heteroatoms. The standard InChI is InChI=1S/C15H30N2/c1-11(2)15-10-17(13(4)8-16-15)9-14-7-5-6-12(14)3/h11-16H,5-10H2,1-4H3. The Balaban J connectivity index is 1.89. The van der Waals surface area contributed by atoms with Crippen molar-refractivity contribution in [2.45, 2.75) is 59.0 Å². The van der Waals surface area contributed by atoms with E-state index in [2.05, 4.69) is 37.9 Å². The Kier molecular flexibility index (Phi) is 4.48. The summed E-state index contributed by atoms with van der Waals surface area (Å²) in [6.07, 6.45) is 4.38. The van der Waals surface area contributed by atoms with E-state index in [-0.39, 0.29) is 0 Å². The van der Waals surface area contributed by atoms with Gasteiger partial charge in [-0.2, -0.15) is 0 Å². The zero-order valence-corrected chi connectivity index (χ0v) is 12.1. The molecule has 1 N–H and O–H groups in total. The van der Waals surface area contributed by atoms with Crippen molar-refractivity contribution in [1.82, 2.24) is 10.2 Å². The minimum Gasteiger partial charge on any atom is -0.311 e. The lowest BCUT2D eigenvalue weighted by Gasteiger charge is -2.42. The van der Waals surface area contributed by atoms with Gasteiger partial charge in [0.2, 0.25) is 0 Å². The molecule has 2 nitrogen and oxygen atoms in total. The van der Waals surface area contributed by atoms with E-state index in [9.17, 15) is 0 Å². The van der Waals surface area contributed by atoms with Gasteiger partial charge in [0.05, 0.1) is 0 Å². The predicted molar refractivity (Wildman–Crippen MR) is 74.2 cm³/mol. The average Bonchev–Trinajstić information content (AvgIpc) is 2.67. The zero-order chi connectivity index (χ0) is 12.4. The first-order valence-corrected chi connectivity index (χ1v) is 7.55. The Bertz CT molecular complexity index is 239. The van der Waals surface area contributed by atoms with Crippen LogP contribution in [0.15, 0.2) is 0 Å². The molecule has 0 bridgehead atoms. The summed E-state index contributed by atoms with van der Waals surface area (Å²) in [5, 5.41) is 3.69. The van der Waals surface area contributed by atoms with Crippen molar-refractivity contribution < 1.29 is 0 Å². The van der Waals surface area contributed by atoms with Gasteiger partial charge < -0.3 is 5.32 Å². The van der Waals surface area contributed by atoms with Crippen LogP contribution in [0.4, 0.5) is 0 Å². The van der Waals surface area contributed by atoms with Crippen LogP contribution in [-0.2, 0) is 0 Å². The van der Waals surface area contributed by atoms with E-state index in [1.165, 1.54) is 38.9 Å². The lowest BCUT2D eigenvalue weighted by Crippen LogP contribution is -2.58. The highest BCUT2D eigenvalue weighted by Crippen LogP contribution is 2.32. The molecule has 2 rings (SSSR count). The van der Waals surface area contributed by atoms with E-state index in [1.807, 2.05) is 0 Å². The molecule has 1 aliphatic heterocycles. The third kappa shape index (κ3) is 3.23. The maximum atomic E-state index is 3.69. The fourth-order valence-corrected chi connectivity index (χ4v) is 3.44. The molecule has 100 valence electrons. The molecule has 1 saturated heterocycles. The van der Waals surface area contributed by atoms with Crippen molar-refractivity contribution in [3.63, 3.8) is 0 Å². The SMILES string of the molecule is CC(C)C1CN(CC2CCCC2C)C(C)CN1. The van der Waals surface area contributed by atoms with E-state index < -0.39 is 0 Å². The highest BCUT2D eigenvalue weighted by molar-refractivity contribution is 4.88. The monoisotopic (exact) mass is 238 g/mol. The van der Waals surface area contributed by atoms with Crippen molar-refractivity contribution in [3.8, 4) is 0 Å². The molecule has 2 aliphatic rings. The lowest BCUT2D eigenvalue weighted by atomic mass is 9.94.